The Kier molecular flexibility index (Phi) is 2.74. The van der Waals surface area contributed by atoms with Crippen LogP contribution in [-0.4, -0.2) is 6.54 Å². The fourth-order valence-electron chi connectivity index (χ4n) is 2.39. The van der Waals surface area contributed by atoms with Crippen molar-refractivity contribution in [1.29, 1.82) is 0 Å². The molecule has 15 heavy (non-hydrogen) atoms. The molecular weight excluding hydrogens is 196 g/mol. The van der Waals surface area contributed by atoms with Gasteiger partial charge in [0.25, 0.3) is 0 Å². The normalized spacial score (nSPS) is 25.8. The smallest absolute Gasteiger partial charge is 0.126 e. The molecule has 0 aromatic heterocycles. The SMILES string of the molecule is CCC1(c2cc(F)cc(F)c2)CCCN1. The maximum Gasteiger partial charge on any atom is 0.126 e. The Balaban J connectivity index is 2.42. The maximum atomic E-state index is 13.1. The van der Waals surface area contributed by atoms with Crippen LogP contribution in [0.5, 0.6) is 0 Å². The summed E-state index contributed by atoms with van der Waals surface area (Å²) < 4.78 is 26.2. The molecule has 2 rings (SSSR count). The van der Waals surface area contributed by atoms with Crippen LogP contribution in [0.2, 0.25) is 0 Å². The minimum Gasteiger partial charge on any atom is -0.307 e. The monoisotopic (exact) mass is 211 g/mol. The Morgan fingerprint density at radius 1 is 1.27 bits per heavy atom. The third-order valence-electron chi connectivity index (χ3n) is 3.26. The van der Waals surface area contributed by atoms with Gasteiger partial charge in [-0.15, -0.1) is 0 Å². The summed E-state index contributed by atoms with van der Waals surface area (Å²) in [5, 5.41) is 3.36. The molecule has 0 spiro atoms. The first-order valence-corrected chi connectivity index (χ1v) is 5.38. The molecule has 1 heterocycles. The molecule has 0 aliphatic carbocycles. The van der Waals surface area contributed by atoms with Gasteiger partial charge in [0.2, 0.25) is 0 Å². The van der Waals surface area contributed by atoms with Crippen LogP contribution in [0.3, 0.4) is 0 Å². The molecule has 0 saturated carbocycles. The molecule has 1 aromatic rings. The van der Waals surface area contributed by atoms with Crippen molar-refractivity contribution in [3.63, 3.8) is 0 Å². The summed E-state index contributed by atoms with van der Waals surface area (Å²) in [7, 11) is 0. The quantitative estimate of drug-likeness (QED) is 0.793. The van der Waals surface area contributed by atoms with Crippen molar-refractivity contribution in [3.05, 3.63) is 35.4 Å². The Labute approximate surface area is 88.5 Å². The highest BCUT2D eigenvalue weighted by Crippen LogP contribution is 2.34. The molecule has 0 amide bonds. The van der Waals surface area contributed by atoms with Crippen LogP contribution in [0, 0.1) is 11.6 Å². The summed E-state index contributed by atoms with van der Waals surface area (Å²) in [5.41, 5.74) is 0.517. The minimum absolute atomic E-state index is 0.219. The van der Waals surface area contributed by atoms with Gasteiger partial charge in [-0.3, -0.25) is 0 Å². The number of hydrogen-bond donors (Lipinski definition) is 1. The largest absolute Gasteiger partial charge is 0.307 e. The van der Waals surface area contributed by atoms with Gasteiger partial charge in [0.1, 0.15) is 11.6 Å². The van der Waals surface area contributed by atoms with Crippen LogP contribution >= 0.6 is 0 Å². The van der Waals surface area contributed by atoms with Gasteiger partial charge < -0.3 is 5.32 Å². The average Bonchev–Trinajstić information content (AvgIpc) is 2.65. The molecule has 0 radical (unpaired) electrons. The minimum atomic E-state index is -0.494. The highest BCUT2D eigenvalue weighted by molar-refractivity contribution is 5.27. The fourth-order valence-corrected chi connectivity index (χ4v) is 2.39. The first-order chi connectivity index (χ1) is 7.16. The first kappa shape index (κ1) is 10.6. The molecular formula is C12H15F2N. The molecule has 1 aliphatic heterocycles. The van der Waals surface area contributed by atoms with Crippen molar-refractivity contribution >= 4 is 0 Å². The van der Waals surface area contributed by atoms with Crippen molar-refractivity contribution < 1.29 is 8.78 Å². The van der Waals surface area contributed by atoms with E-state index in [2.05, 4.69) is 5.32 Å². The van der Waals surface area contributed by atoms with E-state index < -0.39 is 11.6 Å². The topological polar surface area (TPSA) is 12.0 Å². The molecule has 1 N–H and O–H groups in total. The van der Waals surface area contributed by atoms with Gasteiger partial charge in [-0.05, 0) is 43.5 Å². The van der Waals surface area contributed by atoms with E-state index >= 15 is 0 Å². The number of benzene rings is 1. The molecule has 1 fully saturated rings. The lowest BCUT2D eigenvalue weighted by atomic mass is 9.86. The summed E-state index contributed by atoms with van der Waals surface area (Å²) in [5.74, 6) is -0.988. The fraction of sp³-hybridized carbons (Fsp3) is 0.500. The van der Waals surface area contributed by atoms with Crippen LogP contribution in [-0.2, 0) is 5.54 Å². The van der Waals surface area contributed by atoms with E-state index in [0.29, 0.717) is 0 Å². The van der Waals surface area contributed by atoms with Gasteiger partial charge in [0.05, 0.1) is 0 Å². The summed E-state index contributed by atoms with van der Waals surface area (Å²) in [4.78, 5) is 0. The van der Waals surface area contributed by atoms with Crippen LogP contribution in [0.15, 0.2) is 18.2 Å². The number of hydrogen-bond acceptors (Lipinski definition) is 1. The van der Waals surface area contributed by atoms with E-state index in [0.717, 1.165) is 37.4 Å². The van der Waals surface area contributed by atoms with E-state index in [-0.39, 0.29) is 5.54 Å². The molecule has 1 nitrogen and oxygen atoms in total. The van der Waals surface area contributed by atoms with E-state index in [1.165, 1.54) is 12.1 Å². The Hall–Kier alpha value is -0.960. The molecule has 0 bridgehead atoms. The first-order valence-electron chi connectivity index (χ1n) is 5.38. The lowest BCUT2D eigenvalue weighted by molar-refractivity contribution is 0.371. The Morgan fingerprint density at radius 2 is 1.93 bits per heavy atom. The highest BCUT2D eigenvalue weighted by Gasteiger charge is 2.33. The predicted molar refractivity (Wildman–Crippen MR) is 55.6 cm³/mol. The van der Waals surface area contributed by atoms with Crippen molar-refractivity contribution in [2.45, 2.75) is 31.7 Å². The van der Waals surface area contributed by atoms with Gasteiger partial charge in [-0.2, -0.15) is 0 Å². The lowest BCUT2D eigenvalue weighted by Gasteiger charge is -2.28. The number of nitrogens with one attached hydrogen (secondary N) is 1. The van der Waals surface area contributed by atoms with Crippen LogP contribution in [0.25, 0.3) is 0 Å². The highest BCUT2D eigenvalue weighted by atomic mass is 19.1. The maximum absolute atomic E-state index is 13.1. The summed E-state index contributed by atoms with van der Waals surface area (Å²) >= 11 is 0. The van der Waals surface area contributed by atoms with E-state index in [1.54, 1.807) is 0 Å². The van der Waals surface area contributed by atoms with E-state index in [9.17, 15) is 8.78 Å². The third kappa shape index (κ3) is 1.88. The predicted octanol–water partition coefficient (Wildman–Crippen LogP) is 2.95. The number of halogens is 2. The second kappa shape index (κ2) is 3.89. The second-order valence-electron chi connectivity index (χ2n) is 4.12. The zero-order valence-electron chi connectivity index (χ0n) is 8.82. The number of rotatable bonds is 2. The zero-order valence-corrected chi connectivity index (χ0v) is 8.82. The molecule has 1 unspecified atom stereocenters. The molecule has 1 saturated heterocycles. The second-order valence-corrected chi connectivity index (χ2v) is 4.12. The van der Waals surface area contributed by atoms with Gasteiger partial charge in [0.15, 0.2) is 0 Å². The third-order valence-corrected chi connectivity index (χ3v) is 3.26. The standard InChI is InChI=1S/C12H15F2N/c1-2-12(4-3-5-15-12)9-6-10(13)8-11(14)7-9/h6-8,15H,2-5H2,1H3. The molecule has 1 aromatic carbocycles. The summed E-state index contributed by atoms with van der Waals surface area (Å²) in [6.45, 7) is 2.97. The van der Waals surface area contributed by atoms with E-state index in [4.69, 9.17) is 0 Å². The van der Waals surface area contributed by atoms with Gasteiger partial charge >= 0.3 is 0 Å². The van der Waals surface area contributed by atoms with Crippen LogP contribution < -0.4 is 5.32 Å². The Bertz CT molecular complexity index is 336. The van der Waals surface area contributed by atoms with Crippen molar-refractivity contribution in [2.24, 2.45) is 0 Å². The average molecular weight is 211 g/mol. The van der Waals surface area contributed by atoms with E-state index in [1.807, 2.05) is 6.92 Å². The van der Waals surface area contributed by atoms with Crippen LogP contribution in [0.1, 0.15) is 31.7 Å². The zero-order chi connectivity index (χ0) is 10.9. The van der Waals surface area contributed by atoms with Crippen molar-refractivity contribution in [1.82, 2.24) is 5.32 Å². The molecule has 1 aliphatic rings. The van der Waals surface area contributed by atoms with Gasteiger partial charge in [-0.25, -0.2) is 8.78 Å². The lowest BCUT2D eigenvalue weighted by Crippen LogP contribution is -2.36. The molecule has 82 valence electrons. The summed E-state index contributed by atoms with van der Waals surface area (Å²) in [6.07, 6.45) is 2.87. The van der Waals surface area contributed by atoms with Crippen molar-refractivity contribution in [3.8, 4) is 0 Å². The van der Waals surface area contributed by atoms with Gasteiger partial charge in [0, 0.05) is 11.6 Å². The molecule has 3 heteroatoms. The van der Waals surface area contributed by atoms with Gasteiger partial charge in [-0.1, -0.05) is 6.92 Å². The Morgan fingerprint density at radius 3 is 2.40 bits per heavy atom. The van der Waals surface area contributed by atoms with Crippen molar-refractivity contribution in [2.75, 3.05) is 6.54 Å². The van der Waals surface area contributed by atoms with Crippen LogP contribution in [0.4, 0.5) is 8.78 Å². The molecule has 1 atom stereocenters. The summed E-state index contributed by atoms with van der Waals surface area (Å²) in [6, 6.07) is 3.79.